The molecule has 1 atom stereocenters. The molecule has 1 amide bonds. The van der Waals surface area contributed by atoms with Crippen molar-refractivity contribution in [2.24, 2.45) is 4.99 Å². The molecule has 1 heterocycles. The summed E-state index contributed by atoms with van der Waals surface area (Å²) in [7, 11) is 0. The zero-order valence-corrected chi connectivity index (χ0v) is 10.2. The van der Waals surface area contributed by atoms with Crippen LogP contribution in [0.15, 0.2) is 53.5 Å². The Bertz CT molecular complexity index is 647. The maximum Gasteiger partial charge on any atom is 0.237 e. The molecule has 0 fully saturated rings. The average molecular weight is 251 g/mol. The maximum atomic E-state index is 11.9. The fourth-order valence-electron chi connectivity index (χ4n) is 2.10. The van der Waals surface area contributed by atoms with Crippen LogP contribution in [0.25, 0.3) is 0 Å². The smallest absolute Gasteiger partial charge is 0.237 e. The van der Waals surface area contributed by atoms with Gasteiger partial charge in [-0.1, -0.05) is 18.2 Å². The van der Waals surface area contributed by atoms with Crippen LogP contribution >= 0.6 is 0 Å². The average Bonchev–Trinajstić information content (AvgIpc) is 2.74. The van der Waals surface area contributed by atoms with Gasteiger partial charge in [-0.25, -0.2) is 0 Å². The summed E-state index contributed by atoms with van der Waals surface area (Å²) in [6.07, 6.45) is 1.67. The first kappa shape index (κ1) is 11.5. The van der Waals surface area contributed by atoms with Crippen LogP contribution in [0.1, 0.15) is 11.5 Å². The first-order chi connectivity index (χ1) is 9.24. The summed E-state index contributed by atoms with van der Waals surface area (Å²) in [5.41, 5.74) is 8.92. The zero-order valence-electron chi connectivity index (χ0n) is 10.2. The lowest BCUT2D eigenvalue weighted by molar-refractivity contribution is -0.115. The first-order valence-electron chi connectivity index (χ1n) is 6.03. The van der Waals surface area contributed by atoms with E-state index in [4.69, 9.17) is 5.73 Å². The number of hydrogen-bond acceptors (Lipinski definition) is 3. The Hall–Kier alpha value is -2.62. The number of fused-ring (bicyclic) bond motifs is 1. The van der Waals surface area contributed by atoms with E-state index < -0.39 is 0 Å². The van der Waals surface area contributed by atoms with Crippen molar-refractivity contribution < 1.29 is 4.79 Å². The molecule has 0 spiro atoms. The van der Waals surface area contributed by atoms with Crippen LogP contribution < -0.4 is 11.1 Å². The van der Waals surface area contributed by atoms with E-state index >= 15 is 0 Å². The van der Waals surface area contributed by atoms with Crippen molar-refractivity contribution in [3.63, 3.8) is 0 Å². The van der Waals surface area contributed by atoms with E-state index in [0.717, 1.165) is 16.9 Å². The molecule has 2 aromatic rings. The van der Waals surface area contributed by atoms with E-state index in [9.17, 15) is 4.79 Å². The Kier molecular flexibility index (Phi) is 2.76. The molecule has 0 aliphatic carbocycles. The number of para-hydroxylation sites is 1. The van der Waals surface area contributed by atoms with Crippen LogP contribution in [0.4, 0.5) is 17.1 Å². The molecule has 3 rings (SSSR count). The minimum Gasteiger partial charge on any atom is -0.399 e. The molecule has 1 unspecified atom stereocenters. The Morgan fingerprint density at radius 2 is 1.84 bits per heavy atom. The van der Waals surface area contributed by atoms with E-state index in [1.54, 1.807) is 18.3 Å². The van der Waals surface area contributed by atoms with Crippen LogP contribution in [0.5, 0.6) is 0 Å². The maximum absolute atomic E-state index is 11.9. The molecule has 0 bridgehead atoms. The van der Waals surface area contributed by atoms with Crippen molar-refractivity contribution in [3.05, 3.63) is 54.1 Å². The second-order valence-corrected chi connectivity index (χ2v) is 4.42. The molecular formula is C15H13N3O. The van der Waals surface area contributed by atoms with Crippen LogP contribution in [-0.2, 0) is 4.79 Å². The lowest BCUT2D eigenvalue weighted by Crippen LogP contribution is -2.12. The molecule has 0 aromatic heterocycles. The third-order valence-corrected chi connectivity index (χ3v) is 3.10. The van der Waals surface area contributed by atoms with E-state index in [2.05, 4.69) is 10.3 Å². The molecule has 4 nitrogen and oxygen atoms in total. The van der Waals surface area contributed by atoms with Crippen molar-refractivity contribution >= 4 is 29.2 Å². The second kappa shape index (κ2) is 4.57. The SMILES string of the molecule is Nc1ccc(N=CC2C(=O)Nc3ccccc32)cc1. The highest BCUT2D eigenvalue weighted by atomic mass is 16.2. The summed E-state index contributed by atoms with van der Waals surface area (Å²) in [5, 5.41) is 2.84. The Morgan fingerprint density at radius 1 is 1.11 bits per heavy atom. The lowest BCUT2D eigenvalue weighted by Gasteiger charge is -2.01. The van der Waals surface area contributed by atoms with Crippen LogP contribution in [0.3, 0.4) is 0 Å². The summed E-state index contributed by atoms with van der Waals surface area (Å²) >= 11 is 0. The van der Waals surface area contributed by atoms with Crippen molar-refractivity contribution in [3.8, 4) is 0 Å². The quantitative estimate of drug-likeness (QED) is 0.636. The highest BCUT2D eigenvalue weighted by Gasteiger charge is 2.28. The highest BCUT2D eigenvalue weighted by molar-refractivity contribution is 6.12. The van der Waals surface area contributed by atoms with Crippen molar-refractivity contribution in [1.29, 1.82) is 0 Å². The summed E-state index contributed by atoms with van der Waals surface area (Å²) in [5.74, 6) is -0.367. The number of hydrogen-bond donors (Lipinski definition) is 2. The van der Waals surface area contributed by atoms with Gasteiger partial charge in [-0.15, -0.1) is 0 Å². The standard InChI is InChI=1S/C15H13N3O/c16-10-5-7-11(8-6-10)17-9-13-12-3-1-2-4-14(12)18-15(13)19/h1-9,13H,16H2,(H,18,19). The van der Waals surface area contributed by atoms with Gasteiger partial charge in [0.1, 0.15) is 5.92 Å². The zero-order chi connectivity index (χ0) is 13.2. The number of nitrogens with two attached hydrogens (primary N) is 1. The number of nitrogens with one attached hydrogen (secondary N) is 1. The van der Waals surface area contributed by atoms with Crippen LogP contribution in [0.2, 0.25) is 0 Å². The van der Waals surface area contributed by atoms with Gasteiger partial charge < -0.3 is 11.1 Å². The number of benzene rings is 2. The first-order valence-corrected chi connectivity index (χ1v) is 6.03. The summed E-state index contributed by atoms with van der Waals surface area (Å²) < 4.78 is 0. The lowest BCUT2D eigenvalue weighted by atomic mass is 10.0. The van der Waals surface area contributed by atoms with E-state index in [0.29, 0.717) is 5.69 Å². The van der Waals surface area contributed by atoms with E-state index in [1.165, 1.54) is 0 Å². The van der Waals surface area contributed by atoms with Crippen molar-refractivity contribution in [2.75, 3.05) is 11.1 Å². The molecular weight excluding hydrogens is 238 g/mol. The minimum atomic E-state index is -0.325. The third kappa shape index (κ3) is 2.20. The van der Waals surface area contributed by atoms with Gasteiger partial charge in [0.2, 0.25) is 5.91 Å². The molecule has 1 aliphatic rings. The summed E-state index contributed by atoms with van der Waals surface area (Å²) in [6.45, 7) is 0. The minimum absolute atomic E-state index is 0.0413. The number of carbonyl (C=O) groups is 1. The van der Waals surface area contributed by atoms with Gasteiger partial charge in [-0.3, -0.25) is 9.79 Å². The van der Waals surface area contributed by atoms with E-state index in [-0.39, 0.29) is 11.8 Å². The number of aliphatic imine (C=N–C) groups is 1. The van der Waals surface area contributed by atoms with Gasteiger partial charge >= 0.3 is 0 Å². The van der Waals surface area contributed by atoms with E-state index in [1.807, 2.05) is 36.4 Å². The predicted octanol–water partition coefficient (Wildman–Crippen LogP) is 2.71. The highest BCUT2D eigenvalue weighted by Crippen LogP contribution is 2.31. The summed E-state index contributed by atoms with van der Waals surface area (Å²) in [6, 6.07) is 14.9. The molecule has 3 N–H and O–H groups in total. The predicted molar refractivity (Wildman–Crippen MR) is 76.8 cm³/mol. The second-order valence-electron chi connectivity index (χ2n) is 4.42. The van der Waals surface area contributed by atoms with Gasteiger partial charge in [-0.2, -0.15) is 0 Å². The largest absolute Gasteiger partial charge is 0.399 e. The topological polar surface area (TPSA) is 67.5 Å². The summed E-state index contributed by atoms with van der Waals surface area (Å²) in [4.78, 5) is 16.2. The van der Waals surface area contributed by atoms with Crippen LogP contribution in [0, 0.1) is 0 Å². The Labute approximate surface area is 111 Å². The van der Waals surface area contributed by atoms with Crippen LogP contribution in [-0.4, -0.2) is 12.1 Å². The van der Waals surface area contributed by atoms with Gasteiger partial charge in [0.25, 0.3) is 0 Å². The van der Waals surface area contributed by atoms with Crippen molar-refractivity contribution in [2.45, 2.75) is 5.92 Å². The molecule has 2 aromatic carbocycles. The molecule has 0 radical (unpaired) electrons. The third-order valence-electron chi connectivity index (χ3n) is 3.10. The number of anilines is 2. The molecule has 94 valence electrons. The number of amides is 1. The fourth-order valence-corrected chi connectivity index (χ4v) is 2.10. The Balaban J connectivity index is 1.87. The molecule has 1 aliphatic heterocycles. The Morgan fingerprint density at radius 3 is 2.63 bits per heavy atom. The number of nitrogen functional groups attached to an aromatic ring is 1. The monoisotopic (exact) mass is 251 g/mol. The fraction of sp³-hybridized carbons (Fsp3) is 0.0667. The van der Waals surface area contributed by atoms with Gasteiger partial charge in [0, 0.05) is 17.6 Å². The number of carbonyl (C=O) groups excluding carboxylic acids is 1. The normalized spacial score (nSPS) is 17.5. The number of rotatable bonds is 2. The van der Waals surface area contributed by atoms with Gasteiger partial charge in [-0.05, 0) is 35.9 Å². The number of nitrogens with zero attached hydrogens (tertiary/aromatic N) is 1. The molecule has 4 heteroatoms. The molecule has 0 saturated carbocycles. The molecule has 0 saturated heterocycles. The van der Waals surface area contributed by atoms with Crippen molar-refractivity contribution in [1.82, 2.24) is 0 Å². The molecule has 19 heavy (non-hydrogen) atoms. The van der Waals surface area contributed by atoms with Gasteiger partial charge in [0.05, 0.1) is 5.69 Å². The van der Waals surface area contributed by atoms with Gasteiger partial charge in [0.15, 0.2) is 0 Å².